The van der Waals surface area contributed by atoms with Crippen LogP contribution in [0.25, 0.3) is 0 Å². The largest absolute Gasteiger partial charge is 0.384 e. The van der Waals surface area contributed by atoms with Gasteiger partial charge in [-0.3, -0.25) is 5.41 Å². The minimum Gasteiger partial charge on any atom is -0.384 e. The Hall–Kier alpha value is -1.07. The molecule has 1 aliphatic rings. The number of nitrogens with two attached hydrogens (primary N) is 1. The Morgan fingerprint density at radius 2 is 2.39 bits per heavy atom. The number of nitrogens with one attached hydrogen (secondary N) is 1. The lowest BCUT2D eigenvalue weighted by Gasteiger charge is -2.13. The van der Waals surface area contributed by atoms with Gasteiger partial charge in [0.15, 0.2) is 0 Å². The van der Waals surface area contributed by atoms with E-state index < -0.39 is 0 Å². The van der Waals surface area contributed by atoms with E-state index in [1.54, 1.807) is 11.8 Å². The van der Waals surface area contributed by atoms with Crippen LogP contribution < -0.4 is 5.73 Å². The molecule has 18 heavy (non-hydrogen) atoms. The minimum absolute atomic E-state index is 0.0924. The molecule has 1 fully saturated rings. The molecule has 2 heterocycles. The highest BCUT2D eigenvalue weighted by Crippen LogP contribution is 2.27. The number of nitrogen functional groups attached to an aromatic ring is 1. The number of rotatable bonds is 4. The van der Waals surface area contributed by atoms with Gasteiger partial charge in [-0.1, -0.05) is 0 Å². The lowest BCUT2D eigenvalue weighted by atomic mass is 10.1. The van der Waals surface area contributed by atoms with Crippen LogP contribution in [-0.2, 0) is 4.74 Å². The van der Waals surface area contributed by atoms with Gasteiger partial charge in [0.25, 0.3) is 0 Å². The van der Waals surface area contributed by atoms with Gasteiger partial charge in [0, 0.05) is 18.1 Å². The number of hydrogen-bond acceptors (Lipinski definition) is 4. The van der Waals surface area contributed by atoms with Crippen LogP contribution in [0.2, 0.25) is 0 Å². The van der Waals surface area contributed by atoms with E-state index in [0.717, 1.165) is 47.0 Å². The molecule has 5 heteroatoms. The van der Waals surface area contributed by atoms with Gasteiger partial charge in [-0.05, 0) is 38.3 Å². The highest BCUT2D eigenvalue weighted by Gasteiger charge is 2.18. The third kappa shape index (κ3) is 3.03. The summed E-state index contributed by atoms with van der Waals surface area (Å²) in [5.74, 6) is 0.978. The Morgan fingerprint density at radius 1 is 1.61 bits per heavy atom. The minimum atomic E-state index is 0.0924. The second-order valence-corrected chi connectivity index (χ2v) is 5.63. The number of hydrogen-bond donors (Lipinski definition) is 2. The smallest absolute Gasteiger partial charge is 0.125 e. The van der Waals surface area contributed by atoms with Crippen molar-refractivity contribution in [1.82, 2.24) is 4.98 Å². The Bertz CT molecular complexity index is 456. The molecule has 0 spiro atoms. The highest BCUT2D eigenvalue weighted by atomic mass is 32.2. The summed E-state index contributed by atoms with van der Waals surface area (Å²) in [6.45, 7) is 4.81. The number of thioether (sulfide) groups is 1. The molecule has 0 saturated carbocycles. The van der Waals surface area contributed by atoms with Gasteiger partial charge < -0.3 is 10.5 Å². The molecule has 0 radical (unpaired) electrons. The third-order valence-corrected chi connectivity index (χ3v) is 4.12. The molecule has 2 rings (SSSR count). The maximum Gasteiger partial charge on any atom is 0.125 e. The summed E-state index contributed by atoms with van der Waals surface area (Å²) in [7, 11) is 0. The van der Waals surface area contributed by atoms with E-state index in [9.17, 15) is 0 Å². The lowest BCUT2D eigenvalue weighted by molar-refractivity contribution is 0.129. The van der Waals surface area contributed by atoms with E-state index in [0.29, 0.717) is 6.10 Å². The second-order valence-electron chi connectivity index (χ2n) is 4.62. The van der Waals surface area contributed by atoms with Crippen LogP contribution in [0.4, 0.5) is 0 Å². The van der Waals surface area contributed by atoms with Crippen molar-refractivity contribution >= 4 is 17.6 Å². The highest BCUT2D eigenvalue weighted by molar-refractivity contribution is 7.99. The Kier molecular flexibility index (Phi) is 4.24. The van der Waals surface area contributed by atoms with Gasteiger partial charge in [0.2, 0.25) is 0 Å². The molecule has 98 valence electrons. The van der Waals surface area contributed by atoms with Gasteiger partial charge in [-0.15, -0.1) is 11.8 Å². The number of ether oxygens (including phenoxy) is 1. The predicted octanol–water partition coefficient (Wildman–Crippen LogP) is 2.25. The van der Waals surface area contributed by atoms with Crippen LogP contribution in [0.1, 0.15) is 29.7 Å². The molecule has 0 bridgehead atoms. The zero-order valence-corrected chi connectivity index (χ0v) is 11.6. The molecular weight excluding hydrogens is 246 g/mol. The van der Waals surface area contributed by atoms with Crippen molar-refractivity contribution in [3.8, 4) is 0 Å². The average molecular weight is 265 g/mol. The van der Waals surface area contributed by atoms with Crippen LogP contribution in [0.15, 0.2) is 11.1 Å². The summed E-state index contributed by atoms with van der Waals surface area (Å²) in [5, 5.41) is 8.53. The first-order valence-corrected chi connectivity index (χ1v) is 7.13. The van der Waals surface area contributed by atoms with Gasteiger partial charge in [-0.25, -0.2) is 4.98 Å². The van der Waals surface area contributed by atoms with E-state index in [1.807, 2.05) is 19.9 Å². The van der Waals surface area contributed by atoms with E-state index in [-0.39, 0.29) is 5.84 Å². The molecular formula is C13H19N3OS. The molecule has 4 nitrogen and oxygen atoms in total. The molecule has 1 saturated heterocycles. The van der Waals surface area contributed by atoms with Crippen molar-refractivity contribution in [1.29, 1.82) is 5.41 Å². The van der Waals surface area contributed by atoms with Crippen molar-refractivity contribution in [3.05, 3.63) is 22.9 Å². The van der Waals surface area contributed by atoms with Crippen LogP contribution >= 0.6 is 11.8 Å². The molecule has 0 aromatic carbocycles. The maximum atomic E-state index is 7.67. The first kappa shape index (κ1) is 13.4. The van der Waals surface area contributed by atoms with Crippen molar-refractivity contribution in [3.63, 3.8) is 0 Å². The molecule has 0 amide bonds. The topological polar surface area (TPSA) is 72.0 Å². The second kappa shape index (κ2) is 5.71. The quantitative estimate of drug-likeness (QED) is 0.497. The van der Waals surface area contributed by atoms with Gasteiger partial charge in [0.1, 0.15) is 10.9 Å². The molecule has 1 aromatic rings. The molecule has 3 N–H and O–H groups in total. The maximum absolute atomic E-state index is 7.67. The SMILES string of the molecule is Cc1cc(C)c(C(=N)N)c(SCC2CCCO2)n1. The van der Waals surface area contributed by atoms with E-state index in [2.05, 4.69) is 4.98 Å². The van der Waals surface area contributed by atoms with Gasteiger partial charge in [0.05, 0.1) is 11.7 Å². The fraction of sp³-hybridized carbons (Fsp3) is 0.538. The summed E-state index contributed by atoms with van der Waals surface area (Å²) in [6.07, 6.45) is 2.58. The Balaban J connectivity index is 2.16. The van der Waals surface area contributed by atoms with Crippen molar-refractivity contribution in [2.75, 3.05) is 12.4 Å². The van der Waals surface area contributed by atoms with E-state index in [4.69, 9.17) is 15.9 Å². The summed E-state index contributed by atoms with van der Waals surface area (Å²) >= 11 is 1.64. The first-order chi connectivity index (χ1) is 8.58. The monoisotopic (exact) mass is 265 g/mol. The van der Waals surface area contributed by atoms with Crippen molar-refractivity contribution < 1.29 is 4.74 Å². The standard InChI is InChI=1S/C13H19N3OS/c1-8-6-9(2)16-13(11(8)12(14)15)18-7-10-4-3-5-17-10/h6,10H,3-5,7H2,1-2H3,(H3,14,15). The summed E-state index contributed by atoms with van der Waals surface area (Å²) in [6, 6.07) is 1.97. The fourth-order valence-electron chi connectivity index (χ4n) is 2.18. The normalized spacial score (nSPS) is 19.1. The Morgan fingerprint density at radius 3 is 3.00 bits per heavy atom. The zero-order valence-electron chi connectivity index (χ0n) is 10.8. The van der Waals surface area contributed by atoms with E-state index >= 15 is 0 Å². The summed E-state index contributed by atoms with van der Waals surface area (Å²) < 4.78 is 5.60. The van der Waals surface area contributed by atoms with Crippen LogP contribution in [0.5, 0.6) is 0 Å². The number of aryl methyl sites for hydroxylation is 2. The number of pyridine rings is 1. The molecule has 1 aliphatic heterocycles. The number of amidine groups is 1. The Labute approximate surface area is 112 Å². The van der Waals surface area contributed by atoms with E-state index in [1.165, 1.54) is 0 Å². The van der Waals surface area contributed by atoms with Gasteiger partial charge >= 0.3 is 0 Å². The molecule has 1 aromatic heterocycles. The van der Waals surface area contributed by atoms with Crippen LogP contribution in [0.3, 0.4) is 0 Å². The number of aromatic nitrogens is 1. The van der Waals surface area contributed by atoms with Crippen LogP contribution in [-0.4, -0.2) is 29.3 Å². The first-order valence-electron chi connectivity index (χ1n) is 6.15. The average Bonchev–Trinajstić information content (AvgIpc) is 2.77. The zero-order chi connectivity index (χ0) is 13.1. The van der Waals surface area contributed by atoms with Gasteiger partial charge in [-0.2, -0.15) is 0 Å². The number of nitrogens with zero attached hydrogens (tertiary/aromatic N) is 1. The molecule has 1 atom stereocenters. The lowest BCUT2D eigenvalue weighted by Crippen LogP contribution is -2.16. The van der Waals surface area contributed by atoms with Crippen molar-refractivity contribution in [2.24, 2.45) is 5.73 Å². The predicted molar refractivity (Wildman–Crippen MR) is 74.4 cm³/mol. The fourth-order valence-corrected chi connectivity index (χ4v) is 3.41. The molecule has 1 unspecified atom stereocenters. The van der Waals surface area contributed by atoms with Crippen molar-refractivity contribution in [2.45, 2.75) is 37.8 Å². The third-order valence-electron chi connectivity index (χ3n) is 3.01. The molecule has 0 aliphatic carbocycles. The summed E-state index contributed by atoms with van der Waals surface area (Å²) in [5.41, 5.74) is 8.40. The summed E-state index contributed by atoms with van der Waals surface area (Å²) in [4.78, 5) is 4.50. The van der Waals surface area contributed by atoms with Crippen LogP contribution in [0, 0.1) is 19.3 Å².